The van der Waals surface area contributed by atoms with Crippen LogP contribution in [0, 0.1) is 19.8 Å². The van der Waals surface area contributed by atoms with Crippen LogP contribution < -0.4 is 5.32 Å². The SMILES string of the molecule is Cc1cc(C)n([C@H](CNC(=O)[C@@H]2CC=CCC2)c2ccsc2)n1. The molecule has 1 amide bonds. The van der Waals surface area contributed by atoms with Crippen molar-refractivity contribution in [1.29, 1.82) is 0 Å². The molecule has 0 aromatic carbocycles. The molecule has 0 bridgehead atoms. The zero-order valence-electron chi connectivity index (χ0n) is 13.7. The zero-order chi connectivity index (χ0) is 16.2. The lowest BCUT2D eigenvalue weighted by atomic mass is 9.93. The maximum atomic E-state index is 12.4. The number of nitrogens with zero attached hydrogens (tertiary/aromatic N) is 2. The maximum absolute atomic E-state index is 12.4. The number of rotatable bonds is 5. The molecule has 1 N–H and O–H groups in total. The smallest absolute Gasteiger partial charge is 0.223 e. The van der Waals surface area contributed by atoms with E-state index in [2.05, 4.69) is 52.4 Å². The third-order valence-electron chi connectivity index (χ3n) is 4.38. The van der Waals surface area contributed by atoms with E-state index < -0.39 is 0 Å². The molecule has 2 heterocycles. The summed E-state index contributed by atoms with van der Waals surface area (Å²) in [5.41, 5.74) is 3.32. The van der Waals surface area contributed by atoms with Crippen molar-refractivity contribution in [3.63, 3.8) is 0 Å². The van der Waals surface area contributed by atoms with Gasteiger partial charge in [-0.15, -0.1) is 0 Å². The van der Waals surface area contributed by atoms with Gasteiger partial charge in [0.15, 0.2) is 0 Å². The average Bonchev–Trinajstić information content (AvgIpc) is 3.19. The van der Waals surface area contributed by atoms with Crippen LogP contribution >= 0.6 is 11.3 Å². The van der Waals surface area contributed by atoms with Gasteiger partial charge in [-0.2, -0.15) is 16.4 Å². The molecule has 5 heteroatoms. The monoisotopic (exact) mass is 329 g/mol. The van der Waals surface area contributed by atoms with Crippen molar-refractivity contribution in [2.75, 3.05) is 6.54 Å². The van der Waals surface area contributed by atoms with Crippen LogP contribution in [-0.4, -0.2) is 22.2 Å². The molecule has 2 aromatic heterocycles. The molecule has 23 heavy (non-hydrogen) atoms. The van der Waals surface area contributed by atoms with Crippen LogP contribution in [0.25, 0.3) is 0 Å². The molecular formula is C18H23N3OS. The van der Waals surface area contributed by atoms with Crippen LogP contribution in [-0.2, 0) is 4.79 Å². The van der Waals surface area contributed by atoms with E-state index in [1.165, 1.54) is 5.56 Å². The number of hydrogen-bond donors (Lipinski definition) is 1. The third kappa shape index (κ3) is 3.72. The molecule has 4 nitrogen and oxygen atoms in total. The van der Waals surface area contributed by atoms with Gasteiger partial charge in [0.2, 0.25) is 5.91 Å². The van der Waals surface area contributed by atoms with Crippen molar-refractivity contribution < 1.29 is 4.79 Å². The van der Waals surface area contributed by atoms with Crippen molar-refractivity contribution >= 4 is 17.2 Å². The second-order valence-electron chi connectivity index (χ2n) is 6.17. The molecule has 2 atom stereocenters. The summed E-state index contributed by atoms with van der Waals surface area (Å²) in [6.07, 6.45) is 7.09. The Hall–Kier alpha value is -1.88. The first-order chi connectivity index (χ1) is 11.1. The van der Waals surface area contributed by atoms with Crippen LogP contribution in [0.2, 0.25) is 0 Å². The summed E-state index contributed by atoms with van der Waals surface area (Å²) in [7, 11) is 0. The highest BCUT2D eigenvalue weighted by molar-refractivity contribution is 7.07. The Morgan fingerprint density at radius 1 is 1.48 bits per heavy atom. The number of allylic oxidation sites excluding steroid dienone is 2. The third-order valence-corrected chi connectivity index (χ3v) is 5.08. The Bertz CT molecular complexity index is 687. The number of aromatic nitrogens is 2. The summed E-state index contributed by atoms with van der Waals surface area (Å²) in [4.78, 5) is 12.4. The standard InChI is InChI=1S/C18H23N3OS/c1-13-10-14(2)21(20-13)17(16-8-9-23-12-16)11-19-18(22)15-6-4-3-5-7-15/h3-4,8-10,12,15,17H,5-7,11H2,1-2H3,(H,19,22)/t15-,17-/m1/s1. The van der Waals surface area contributed by atoms with E-state index >= 15 is 0 Å². The van der Waals surface area contributed by atoms with Gasteiger partial charge in [0.1, 0.15) is 0 Å². The Kier molecular flexibility index (Phi) is 4.96. The molecule has 122 valence electrons. The lowest BCUT2D eigenvalue weighted by Crippen LogP contribution is -2.36. The first kappa shape index (κ1) is 16.0. The predicted molar refractivity (Wildman–Crippen MR) is 93.6 cm³/mol. The number of hydrogen-bond acceptors (Lipinski definition) is 3. The fourth-order valence-corrected chi connectivity index (χ4v) is 3.85. The second-order valence-corrected chi connectivity index (χ2v) is 6.95. The summed E-state index contributed by atoms with van der Waals surface area (Å²) in [5, 5.41) is 12.0. The molecule has 1 aliphatic carbocycles. The molecule has 3 rings (SSSR count). The molecule has 0 aliphatic heterocycles. The number of aryl methyl sites for hydroxylation is 2. The highest BCUT2D eigenvalue weighted by atomic mass is 32.1. The summed E-state index contributed by atoms with van der Waals surface area (Å²) in [6.45, 7) is 4.64. The van der Waals surface area contributed by atoms with Crippen LogP contribution in [0.15, 0.2) is 35.0 Å². The number of carbonyl (C=O) groups excluding carboxylic acids is 1. The first-order valence-corrected chi connectivity index (χ1v) is 9.07. The van der Waals surface area contributed by atoms with Gasteiger partial charge in [0, 0.05) is 18.2 Å². The Balaban J connectivity index is 1.73. The van der Waals surface area contributed by atoms with E-state index in [1.54, 1.807) is 11.3 Å². The van der Waals surface area contributed by atoms with Crippen LogP contribution in [0.4, 0.5) is 0 Å². The van der Waals surface area contributed by atoms with Gasteiger partial charge in [-0.1, -0.05) is 12.2 Å². The largest absolute Gasteiger partial charge is 0.353 e. The van der Waals surface area contributed by atoms with Crippen molar-refractivity contribution in [2.45, 2.75) is 39.2 Å². The highest BCUT2D eigenvalue weighted by Crippen LogP contribution is 2.23. The number of thiophene rings is 1. The minimum absolute atomic E-state index is 0.0537. The molecular weight excluding hydrogens is 306 g/mol. The molecule has 0 saturated carbocycles. The highest BCUT2D eigenvalue weighted by Gasteiger charge is 2.22. The Morgan fingerprint density at radius 3 is 2.96 bits per heavy atom. The molecule has 0 spiro atoms. The summed E-state index contributed by atoms with van der Waals surface area (Å²) >= 11 is 1.67. The minimum atomic E-state index is 0.0537. The van der Waals surface area contributed by atoms with Crippen LogP contribution in [0.1, 0.15) is 42.3 Å². The summed E-state index contributed by atoms with van der Waals surface area (Å²) in [5.74, 6) is 0.277. The molecule has 0 saturated heterocycles. The minimum Gasteiger partial charge on any atom is -0.353 e. The average molecular weight is 329 g/mol. The van der Waals surface area contributed by atoms with Gasteiger partial charge in [-0.05, 0) is 61.6 Å². The van der Waals surface area contributed by atoms with Crippen LogP contribution in [0.3, 0.4) is 0 Å². The van der Waals surface area contributed by atoms with Gasteiger partial charge in [0.05, 0.1) is 11.7 Å². The normalized spacial score (nSPS) is 18.8. The van der Waals surface area contributed by atoms with E-state index in [9.17, 15) is 4.79 Å². The Morgan fingerprint density at radius 2 is 2.35 bits per heavy atom. The number of amides is 1. The van der Waals surface area contributed by atoms with Crippen molar-refractivity contribution in [1.82, 2.24) is 15.1 Å². The maximum Gasteiger partial charge on any atom is 0.223 e. The molecule has 0 unspecified atom stereocenters. The van der Waals surface area contributed by atoms with E-state index in [0.29, 0.717) is 6.54 Å². The first-order valence-electron chi connectivity index (χ1n) is 8.12. The van der Waals surface area contributed by atoms with Crippen LogP contribution in [0.5, 0.6) is 0 Å². The fraction of sp³-hybridized carbons (Fsp3) is 0.444. The second kappa shape index (κ2) is 7.13. The van der Waals surface area contributed by atoms with E-state index in [4.69, 9.17) is 0 Å². The van der Waals surface area contributed by atoms with Crippen molar-refractivity contribution in [2.24, 2.45) is 5.92 Å². The summed E-state index contributed by atoms with van der Waals surface area (Å²) < 4.78 is 2.03. The topological polar surface area (TPSA) is 46.9 Å². The van der Waals surface area contributed by atoms with Gasteiger partial charge >= 0.3 is 0 Å². The molecule has 2 aromatic rings. The summed E-state index contributed by atoms with van der Waals surface area (Å²) in [6, 6.07) is 4.24. The van der Waals surface area contributed by atoms with Gasteiger partial charge < -0.3 is 5.32 Å². The molecule has 0 radical (unpaired) electrons. The van der Waals surface area contributed by atoms with Gasteiger partial charge in [-0.25, -0.2) is 0 Å². The predicted octanol–water partition coefficient (Wildman–Crippen LogP) is 3.62. The van der Waals surface area contributed by atoms with Crippen molar-refractivity contribution in [3.8, 4) is 0 Å². The van der Waals surface area contributed by atoms with E-state index in [1.807, 2.05) is 11.6 Å². The van der Waals surface area contributed by atoms with E-state index in [-0.39, 0.29) is 17.9 Å². The Labute approximate surface area is 141 Å². The van der Waals surface area contributed by atoms with Crippen molar-refractivity contribution in [3.05, 3.63) is 52.0 Å². The van der Waals surface area contributed by atoms with Gasteiger partial charge in [0.25, 0.3) is 0 Å². The molecule has 1 aliphatic rings. The lowest BCUT2D eigenvalue weighted by molar-refractivity contribution is -0.125. The number of carbonyl (C=O) groups is 1. The van der Waals surface area contributed by atoms with E-state index in [0.717, 1.165) is 30.7 Å². The zero-order valence-corrected chi connectivity index (χ0v) is 14.5. The number of nitrogens with one attached hydrogen (secondary N) is 1. The van der Waals surface area contributed by atoms with Gasteiger partial charge in [-0.3, -0.25) is 9.48 Å². The molecule has 0 fully saturated rings. The fourth-order valence-electron chi connectivity index (χ4n) is 3.15. The lowest BCUT2D eigenvalue weighted by Gasteiger charge is -2.22. The quantitative estimate of drug-likeness (QED) is 0.852.